The lowest BCUT2D eigenvalue weighted by molar-refractivity contribution is 0.204. The molecule has 0 spiro atoms. The van der Waals surface area contributed by atoms with Gasteiger partial charge in [0.05, 0.1) is 16.4 Å². The standard InChI is InChI=1S/C39H46O5S/c1-11-20-31(10)29-30-43-35(15-5)24-21-32(12-2)33(13-3)22-25-36(16-6)44-37(17-7)26-28-39(19-9)45(41,42)38(18-8)27-23-34(40)14-4/h11-19,21-28,31,40H,1-9,20,29-30H2,10H3/b32-21+,33-22+,34-23+,35-24+,36-25+,37-26+,38-27+,39-28+. The van der Waals surface area contributed by atoms with E-state index in [2.05, 4.69) is 66.1 Å². The summed E-state index contributed by atoms with van der Waals surface area (Å²) in [5.74, 6) is 1.52. The van der Waals surface area contributed by atoms with Crippen LogP contribution in [-0.4, -0.2) is 20.1 Å². The third-order valence-electron chi connectivity index (χ3n) is 5.98. The lowest BCUT2D eigenvalue weighted by Gasteiger charge is -2.10. The first-order valence-electron chi connectivity index (χ1n) is 14.0. The SMILES string of the molecule is C=CCC(C)CCO/C(C=C)=C/C=C(C=C)/C(C=C)=C/C=C(\C=C)O/C(C=C)=C/C=C(\C=C)S(=O)(=O)/C(C=C)=C/C=C(/O)C=C. The molecule has 6 heteroatoms. The van der Waals surface area contributed by atoms with E-state index in [-0.39, 0.29) is 21.3 Å². The highest BCUT2D eigenvalue weighted by atomic mass is 32.2. The van der Waals surface area contributed by atoms with Gasteiger partial charge in [0.1, 0.15) is 23.0 Å². The summed E-state index contributed by atoms with van der Waals surface area (Å²) >= 11 is 0. The molecule has 0 rings (SSSR count). The summed E-state index contributed by atoms with van der Waals surface area (Å²) in [5.41, 5.74) is 1.52. The van der Waals surface area contributed by atoms with Gasteiger partial charge in [0.2, 0.25) is 9.84 Å². The lowest BCUT2D eigenvalue weighted by Crippen LogP contribution is -2.04. The highest BCUT2D eigenvalue weighted by Gasteiger charge is 2.18. The van der Waals surface area contributed by atoms with Crippen molar-refractivity contribution in [1.29, 1.82) is 0 Å². The van der Waals surface area contributed by atoms with Crippen LogP contribution in [0.3, 0.4) is 0 Å². The van der Waals surface area contributed by atoms with Crippen LogP contribution >= 0.6 is 0 Å². The molecule has 0 bridgehead atoms. The molecule has 0 aromatic rings. The molecule has 0 aliphatic rings. The Kier molecular flexibility index (Phi) is 19.9. The van der Waals surface area contributed by atoms with Gasteiger partial charge >= 0.3 is 0 Å². The molecule has 0 aliphatic heterocycles. The van der Waals surface area contributed by atoms with Gasteiger partial charge < -0.3 is 14.6 Å². The van der Waals surface area contributed by atoms with Crippen LogP contribution in [-0.2, 0) is 19.3 Å². The first kappa shape index (κ1) is 39.9. The summed E-state index contributed by atoms with van der Waals surface area (Å²) < 4.78 is 37.9. The van der Waals surface area contributed by atoms with Crippen LogP contribution in [0.25, 0.3) is 0 Å². The van der Waals surface area contributed by atoms with E-state index in [0.717, 1.165) is 30.1 Å². The van der Waals surface area contributed by atoms with Crippen LogP contribution in [0.5, 0.6) is 0 Å². The number of allylic oxidation sites excluding steroid dienone is 19. The lowest BCUT2D eigenvalue weighted by atomic mass is 10.0. The zero-order valence-electron chi connectivity index (χ0n) is 26.4. The van der Waals surface area contributed by atoms with Gasteiger partial charge in [-0.2, -0.15) is 0 Å². The highest BCUT2D eigenvalue weighted by Crippen LogP contribution is 2.21. The molecule has 1 N–H and O–H groups in total. The Morgan fingerprint density at radius 3 is 1.51 bits per heavy atom. The van der Waals surface area contributed by atoms with E-state index in [9.17, 15) is 13.5 Å². The van der Waals surface area contributed by atoms with Crippen molar-refractivity contribution in [1.82, 2.24) is 0 Å². The summed E-state index contributed by atoms with van der Waals surface area (Å²) in [6, 6.07) is 0. The van der Waals surface area contributed by atoms with Crippen LogP contribution in [0.15, 0.2) is 206 Å². The Morgan fingerprint density at radius 1 is 0.622 bits per heavy atom. The average Bonchev–Trinajstić information content (AvgIpc) is 3.03. The molecule has 5 nitrogen and oxygen atoms in total. The number of aliphatic hydroxyl groups is 1. The Bertz CT molecular complexity index is 1500. The molecule has 1 unspecified atom stereocenters. The van der Waals surface area contributed by atoms with Gasteiger partial charge in [-0.25, -0.2) is 8.42 Å². The first-order chi connectivity index (χ1) is 21.5. The van der Waals surface area contributed by atoms with E-state index in [1.807, 2.05) is 18.2 Å². The summed E-state index contributed by atoms with van der Waals surface area (Å²) in [4.78, 5) is -0.264. The fourth-order valence-corrected chi connectivity index (χ4v) is 4.56. The predicted octanol–water partition coefficient (Wildman–Crippen LogP) is 10.2. The van der Waals surface area contributed by atoms with Gasteiger partial charge in [-0.15, -0.1) is 6.58 Å². The van der Waals surface area contributed by atoms with Gasteiger partial charge in [-0.05, 0) is 90.7 Å². The molecule has 0 fully saturated rings. The third-order valence-corrected chi connectivity index (χ3v) is 7.82. The fraction of sp³-hybridized carbons (Fsp3) is 0.128. The molecule has 0 amide bonds. The Morgan fingerprint density at radius 2 is 1.09 bits per heavy atom. The van der Waals surface area contributed by atoms with Gasteiger partial charge in [0.15, 0.2) is 0 Å². The second-order valence-electron chi connectivity index (χ2n) is 9.19. The molecule has 1 atom stereocenters. The molecule has 0 radical (unpaired) electrons. The van der Waals surface area contributed by atoms with Crippen molar-refractivity contribution in [2.75, 3.05) is 6.61 Å². The van der Waals surface area contributed by atoms with Gasteiger partial charge in [0, 0.05) is 0 Å². The predicted molar refractivity (Wildman–Crippen MR) is 193 cm³/mol. The van der Waals surface area contributed by atoms with E-state index in [0.29, 0.717) is 24.0 Å². The monoisotopic (exact) mass is 626 g/mol. The number of ether oxygens (including phenoxy) is 2. The molecule has 0 heterocycles. The minimum absolute atomic E-state index is 0.121. The van der Waals surface area contributed by atoms with Gasteiger partial charge in [-0.3, -0.25) is 0 Å². The first-order valence-corrected chi connectivity index (χ1v) is 15.5. The van der Waals surface area contributed by atoms with E-state index in [1.54, 1.807) is 30.4 Å². The third kappa shape index (κ3) is 14.8. The van der Waals surface area contributed by atoms with Crippen molar-refractivity contribution in [3.63, 3.8) is 0 Å². The second-order valence-corrected chi connectivity index (χ2v) is 11.1. The van der Waals surface area contributed by atoms with Crippen molar-refractivity contribution >= 4 is 9.84 Å². The zero-order chi connectivity index (χ0) is 34.3. The number of hydrogen-bond donors (Lipinski definition) is 1. The summed E-state index contributed by atoms with van der Waals surface area (Å²) in [6.45, 7) is 36.3. The Hall–Kier alpha value is -5.07. The van der Waals surface area contributed by atoms with Crippen molar-refractivity contribution < 1.29 is 23.0 Å². The average molecular weight is 627 g/mol. The minimum Gasteiger partial charge on any atom is -0.508 e. The summed E-state index contributed by atoms with van der Waals surface area (Å²) in [6.07, 6.45) is 27.5. The van der Waals surface area contributed by atoms with Gasteiger partial charge in [0.25, 0.3) is 0 Å². The van der Waals surface area contributed by atoms with Crippen molar-refractivity contribution in [2.24, 2.45) is 5.92 Å². The molecule has 238 valence electrons. The normalized spacial score (nSPS) is 14.9. The molecule has 45 heavy (non-hydrogen) atoms. The molecule has 0 aromatic carbocycles. The largest absolute Gasteiger partial charge is 0.508 e. The second kappa shape index (κ2) is 22.5. The minimum atomic E-state index is -4.00. The Labute approximate surface area is 271 Å². The van der Waals surface area contributed by atoms with Crippen LogP contribution in [0.4, 0.5) is 0 Å². The molecule has 0 saturated heterocycles. The number of rotatable bonds is 23. The summed E-state index contributed by atoms with van der Waals surface area (Å²) in [7, 11) is -4.00. The number of hydrogen-bond acceptors (Lipinski definition) is 5. The maximum atomic E-state index is 13.1. The van der Waals surface area contributed by atoms with E-state index in [4.69, 9.17) is 9.47 Å². The molecular weight excluding hydrogens is 580 g/mol. The van der Waals surface area contributed by atoms with Crippen LogP contribution in [0.2, 0.25) is 0 Å². The number of aliphatic hydroxyl groups excluding tert-OH is 1. The maximum Gasteiger partial charge on any atom is 0.206 e. The van der Waals surface area contributed by atoms with Crippen LogP contribution < -0.4 is 0 Å². The maximum absolute atomic E-state index is 13.1. The van der Waals surface area contributed by atoms with Crippen molar-refractivity contribution in [2.45, 2.75) is 19.8 Å². The quantitative estimate of drug-likeness (QED) is 0.0694. The van der Waals surface area contributed by atoms with Crippen molar-refractivity contribution in [3.05, 3.63) is 206 Å². The topological polar surface area (TPSA) is 72.8 Å². The molecule has 0 aromatic heterocycles. The van der Waals surface area contributed by atoms with E-state index in [1.165, 1.54) is 48.6 Å². The van der Waals surface area contributed by atoms with E-state index < -0.39 is 9.84 Å². The zero-order valence-corrected chi connectivity index (χ0v) is 27.2. The van der Waals surface area contributed by atoms with Gasteiger partial charge in [-0.1, -0.05) is 102 Å². The van der Waals surface area contributed by atoms with E-state index >= 15 is 0 Å². The Balaban J connectivity index is 6.23. The smallest absolute Gasteiger partial charge is 0.206 e. The molecule has 0 saturated carbocycles. The summed E-state index contributed by atoms with van der Waals surface area (Å²) in [5, 5.41) is 9.59. The van der Waals surface area contributed by atoms with Crippen LogP contribution in [0.1, 0.15) is 19.8 Å². The fourth-order valence-electron chi connectivity index (χ4n) is 3.36. The highest BCUT2D eigenvalue weighted by molar-refractivity contribution is 7.99. The van der Waals surface area contributed by atoms with Crippen molar-refractivity contribution in [3.8, 4) is 0 Å². The van der Waals surface area contributed by atoms with Crippen LogP contribution in [0, 0.1) is 5.92 Å². The molecule has 0 aliphatic carbocycles. The number of sulfone groups is 1. The molecular formula is C39H46O5S.